The summed E-state index contributed by atoms with van der Waals surface area (Å²) in [7, 11) is -1.52. The molecule has 0 saturated carbocycles. The number of methoxy groups -OCH3 is 2. The Labute approximate surface area is 158 Å². The molecule has 2 aromatic carbocycles. The van der Waals surface area contributed by atoms with Gasteiger partial charge in [-0.2, -0.15) is 0 Å². The van der Waals surface area contributed by atoms with Gasteiger partial charge < -0.3 is 9.47 Å². The maximum atomic E-state index is 12.6. The van der Waals surface area contributed by atoms with Crippen LogP contribution in [0.4, 0.5) is 5.69 Å². The summed E-state index contributed by atoms with van der Waals surface area (Å²) in [5, 5.41) is 0. The zero-order valence-corrected chi connectivity index (χ0v) is 16.1. The summed E-state index contributed by atoms with van der Waals surface area (Å²) >= 11 is 0. The molecule has 144 valence electrons. The molecular formula is C19H21NO6S. The first-order valence-electron chi connectivity index (χ1n) is 8.24. The Kier molecular flexibility index (Phi) is 6.57. The van der Waals surface area contributed by atoms with E-state index in [9.17, 15) is 18.0 Å². The van der Waals surface area contributed by atoms with Crippen molar-refractivity contribution in [2.75, 3.05) is 18.9 Å². The molecule has 0 bridgehead atoms. The number of aryl methyl sites for hydroxylation is 1. The first-order valence-corrected chi connectivity index (χ1v) is 9.72. The summed E-state index contributed by atoms with van der Waals surface area (Å²) in [6.45, 7) is 2.04. The fraction of sp³-hybridized carbons (Fsp3) is 0.263. The molecule has 27 heavy (non-hydrogen) atoms. The van der Waals surface area contributed by atoms with Gasteiger partial charge in [-0.05, 0) is 42.3 Å². The average Bonchev–Trinajstić information content (AvgIpc) is 2.66. The minimum Gasteiger partial charge on any atom is -0.465 e. The van der Waals surface area contributed by atoms with E-state index in [4.69, 9.17) is 0 Å². The monoisotopic (exact) mass is 391 g/mol. The second-order valence-corrected chi connectivity index (χ2v) is 7.46. The van der Waals surface area contributed by atoms with E-state index < -0.39 is 22.0 Å². The second-order valence-electron chi connectivity index (χ2n) is 5.78. The van der Waals surface area contributed by atoms with Crippen molar-refractivity contribution >= 4 is 27.6 Å². The minimum atomic E-state index is -3.90. The van der Waals surface area contributed by atoms with Crippen LogP contribution < -0.4 is 4.72 Å². The minimum absolute atomic E-state index is 0.0244. The van der Waals surface area contributed by atoms with Crippen LogP contribution in [-0.2, 0) is 25.9 Å². The van der Waals surface area contributed by atoms with Gasteiger partial charge in [-0.1, -0.05) is 25.5 Å². The fourth-order valence-corrected chi connectivity index (χ4v) is 3.54. The topological polar surface area (TPSA) is 98.8 Å². The number of rotatable bonds is 7. The van der Waals surface area contributed by atoms with Crippen LogP contribution in [0.5, 0.6) is 0 Å². The smallest absolute Gasteiger partial charge is 0.337 e. The summed E-state index contributed by atoms with van der Waals surface area (Å²) < 4.78 is 36.9. The summed E-state index contributed by atoms with van der Waals surface area (Å²) in [6.07, 6.45) is 1.82. The van der Waals surface area contributed by atoms with E-state index in [1.165, 1.54) is 44.6 Å². The van der Waals surface area contributed by atoms with Crippen LogP contribution in [0.1, 0.15) is 39.6 Å². The lowest BCUT2D eigenvalue weighted by Gasteiger charge is -2.11. The van der Waals surface area contributed by atoms with Gasteiger partial charge in [-0.15, -0.1) is 0 Å². The average molecular weight is 391 g/mol. The number of carbonyl (C=O) groups excluding carboxylic acids is 2. The van der Waals surface area contributed by atoms with Crippen molar-refractivity contribution in [3.63, 3.8) is 0 Å². The molecule has 0 spiro atoms. The second kappa shape index (κ2) is 8.68. The molecule has 0 aliphatic rings. The maximum Gasteiger partial charge on any atom is 0.337 e. The van der Waals surface area contributed by atoms with Gasteiger partial charge in [-0.25, -0.2) is 18.0 Å². The van der Waals surface area contributed by atoms with E-state index in [0.29, 0.717) is 0 Å². The van der Waals surface area contributed by atoms with Crippen molar-refractivity contribution < 1.29 is 27.5 Å². The van der Waals surface area contributed by atoms with Crippen LogP contribution in [0, 0.1) is 0 Å². The lowest BCUT2D eigenvalue weighted by atomic mass is 10.1. The molecule has 0 radical (unpaired) electrons. The number of hydrogen-bond donors (Lipinski definition) is 1. The van der Waals surface area contributed by atoms with Crippen LogP contribution in [0.3, 0.4) is 0 Å². The lowest BCUT2D eigenvalue weighted by molar-refractivity contribution is 0.0599. The van der Waals surface area contributed by atoms with Gasteiger partial charge in [0.1, 0.15) is 0 Å². The fourth-order valence-electron chi connectivity index (χ4n) is 2.50. The predicted molar refractivity (Wildman–Crippen MR) is 100 cm³/mol. The Morgan fingerprint density at radius 3 is 1.89 bits per heavy atom. The molecule has 0 saturated heterocycles. The van der Waals surface area contributed by atoms with Crippen LogP contribution in [0.15, 0.2) is 47.4 Å². The molecule has 0 fully saturated rings. The molecule has 2 rings (SSSR count). The molecule has 0 heterocycles. The third-order valence-electron chi connectivity index (χ3n) is 3.80. The van der Waals surface area contributed by atoms with E-state index in [0.717, 1.165) is 18.4 Å². The first-order chi connectivity index (χ1) is 12.8. The van der Waals surface area contributed by atoms with Crippen molar-refractivity contribution in [1.82, 2.24) is 0 Å². The molecule has 0 amide bonds. The first kappa shape index (κ1) is 20.4. The van der Waals surface area contributed by atoms with E-state index in [1.807, 2.05) is 6.92 Å². The van der Waals surface area contributed by atoms with E-state index in [2.05, 4.69) is 14.2 Å². The number of anilines is 1. The normalized spacial score (nSPS) is 10.9. The summed E-state index contributed by atoms with van der Waals surface area (Å²) in [4.78, 5) is 23.7. The molecular weight excluding hydrogens is 370 g/mol. The van der Waals surface area contributed by atoms with E-state index in [-0.39, 0.29) is 21.7 Å². The van der Waals surface area contributed by atoms with Gasteiger partial charge in [0.2, 0.25) is 0 Å². The standard InChI is InChI=1S/C19H21NO6S/c1-4-5-13-6-8-17(9-7-13)27(23,24)20-16-11-14(18(21)25-2)10-15(12-16)19(22)26-3/h6-12,20H,4-5H2,1-3H3. The molecule has 7 nitrogen and oxygen atoms in total. The Morgan fingerprint density at radius 1 is 0.926 bits per heavy atom. The van der Waals surface area contributed by atoms with Gasteiger partial charge in [0.25, 0.3) is 10.0 Å². The highest BCUT2D eigenvalue weighted by Crippen LogP contribution is 2.21. The van der Waals surface area contributed by atoms with Crippen molar-refractivity contribution in [2.24, 2.45) is 0 Å². The molecule has 0 aliphatic heterocycles. The predicted octanol–water partition coefficient (Wildman–Crippen LogP) is 3.01. The SMILES string of the molecule is CCCc1ccc(S(=O)(=O)Nc2cc(C(=O)OC)cc(C(=O)OC)c2)cc1. The van der Waals surface area contributed by atoms with E-state index >= 15 is 0 Å². The van der Waals surface area contributed by atoms with Gasteiger partial charge in [-0.3, -0.25) is 4.72 Å². The van der Waals surface area contributed by atoms with Crippen molar-refractivity contribution in [1.29, 1.82) is 0 Å². The highest BCUT2D eigenvalue weighted by molar-refractivity contribution is 7.92. The maximum absolute atomic E-state index is 12.6. The van der Waals surface area contributed by atoms with Crippen LogP contribution >= 0.6 is 0 Å². The molecule has 0 aromatic heterocycles. The Balaban J connectivity index is 2.38. The summed E-state index contributed by atoms with van der Waals surface area (Å²) in [6, 6.07) is 10.4. The third kappa shape index (κ3) is 5.07. The number of nitrogens with one attached hydrogen (secondary N) is 1. The number of carbonyl (C=O) groups is 2. The Morgan fingerprint density at radius 2 is 1.44 bits per heavy atom. The molecule has 2 aromatic rings. The number of hydrogen-bond acceptors (Lipinski definition) is 6. The van der Waals surface area contributed by atoms with Gasteiger partial charge >= 0.3 is 11.9 Å². The van der Waals surface area contributed by atoms with Gasteiger partial charge in [0.05, 0.1) is 35.9 Å². The van der Waals surface area contributed by atoms with Crippen LogP contribution in [-0.4, -0.2) is 34.6 Å². The summed E-state index contributed by atoms with van der Waals surface area (Å²) in [5.41, 5.74) is 1.14. The number of benzene rings is 2. The number of sulfonamides is 1. The van der Waals surface area contributed by atoms with Gasteiger partial charge in [0, 0.05) is 0 Å². The zero-order valence-electron chi connectivity index (χ0n) is 15.3. The highest BCUT2D eigenvalue weighted by atomic mass is 32.2. The quantitative estimate of drug-likeness (QED) is 0.729. The summed E-state index contributed by atoms with van der Waals surface area (Å²) in [5.74, 6) is -1.41. The number of ether oxygens (including phenoxy) is 2. The van der Waals surface area contributed by atoms with Crippen LogP contribution in [0.2, 0.25) is 0 Å². The van der Waals surface area contributed by atoms with Crippen molar-refractivity contribution in [3.8, 4) is 0 Å². The highest BCUT2D eigenvalue weighted by Gasteiger charge is 2.18. The number of esters is 2. The molecule has 1 N–H and O–H groups in total. The van der Waals surface area contributed by atoms with Gasteiger partial charge in [0.15, 0.2) is 0 Å². The lowest BCUT2D eigenvalue weighted by Crippen LogP contribution is -2.15. The Bertz CT molecular complexity index is 901. The molecule has 0 atom stereocenters. The van der Waals surface area contributed by atoms with Crippen LogP contribution in [0.25, 0.3) is 0 Å². The zero-order chi connectivity index (χ0) is 20.0. The largest absolute Gasteiger partial charge is 0.465 e. The van der Waals surface area contributed by atoms with Crippen molar-refractivity contribution in [2.45, 2.75) is 24.7 Å². The van der Waals surface area contributed by atoms with Crippen molar-refractivity contribution in [3.05, 3.63) is 59.2 Å². The van der Waals surface area contributed by atoms with E-state index in [1.54, 1.807) is 12.1 Å². The molecule has 8 heteroatoms. The third-order valence-corrected chi connectivity index (χ3v) is 5.20. The molecule has 0 unspecified atom stereocenters. The molecule has 0 aliphatic carbocycles. The Hall–Kier alpha value is -2.87.